The van der Waals surface area contributed by atoms with Crippen molar-refractivity contribution in [2.24, 2.45) is 11.7 Å². The molecule has 1 saturated heterocycles. The van der Waals surface area contributed by atoms with Gasteiger partial charge in [-0.25, -0.2) is 4.79 Å². The minimum atomic E-state index is -0.555. The number of likely N-dealkylation sites (tertiary alicyclic amines) is 1. The summed E-state index contributed by atoms with van der Waals surface area (Å²) >= 11 is 5.79. The van der Waals surface area contributed by atoms with Crippen LogP contribution in [-0.2, 0) is 14.3 Å². The quantitative estimate of drug-likeness (QED) is 0.449. The average molecular weight is 569 g/mol. The van der Waals surface area contributed by atoms with Gasteiger partial charge in [-0.2, -0.15) is 0 Å². The maximum Gasteiger partial charge on any atom is 0.408 e. The molecule has 2 heterocycles. The molecular weight excluding hydrogens is 524 g/mol. The number of aromatic nitrogens is 1. The first-order valence-corrected chi connectivity index (χ1v) is 13.5. The summed E-state index contributed by atoms with van der Waals surface area (Å²) in [6, 6.07) is 4.85. The Balaban J connectivity index is 0.000000659. The Morgan fingerprint density at radius 1 is 1.26 bits per heavy atom. The lowest BCUT2D eigenvalue weighted by Crippen LogP contribution is -2.50. The Bertz CT molecular complexity index is 1120. The van der Waals surface area contributed by atoms with Gasteiger partial charge in [-0.3, -0.25) is 14.4 Å². The van der Waals surface area contributed by atoms with E-state index in [1.807, 2.05) is 25.7 Å². The Kier molecular flexibility index (Phi) is 15.9. The molecule has 11 heteroatoms. The highest BCUT2D eigenvalue weighted by molar-refractivity contribution is 6.31. The molecule has 1 aromatic carbocycles. The number of nitrogens with two attached hydrogens (primary N) is 1. The predicted molar refractivity (Wildman–Crippen MR) is 156 cm³/mol. The van der Waals surface area contributed by atoms with Gasteiger partial charge in [-0.1, -0.05) is 39.3 Å². The molecule has 0 spiro atoms. The van der Waals surface area contributed by atoms with Crippen LogP contribution in [0.15, 0.2) is 29.2 Å². The van der Waals surface area contributed by atoms with E-state index in [0.29, 0.717) is 28.5 Å². The highest BCUT2D eigenvalue weighted by Crippen LogP contribution is 2.25. The third-order valence-corrected chi connectivity index (χ3v) is 6.10. The molecule has 0 bridgehead atoms. The maximum absolute atomic E-state index is 12.5. The number of fused-ring (bicyclic) bond motifs is 1. The highest BCUT2D eigenvalue weighted by atomic mass is 35.5. The lowest BCUT2D eigenvalue weighted by Gasteiger charge is -2.29. The summed E-state index contributed by atoms with van der Waals surface area (Å²) in [5.41, 5.74) is 3.45. The number of nitrogens with one attached hydrogen (secondary N) is 2. The van der Waals surface area contributed by atoms with Crippen LogP contribution in [-0.4, -0.2) is 59.6 Å². The summed E-state index contributed by atoms with van der Waals surface area (Å²) in [6.45, 7) is 16.3. The van der Waals surface area contributed by atoms with Crippen molar-refractivity contribution in [2.45, 2.75) is 85.9 Å². The standard InChI is InChI=1S/C15H28N2O3.C10H8ClNO2.C2H6.CH3NO/c1-7-12(16-14(19)20-15(4,5)6)13(18)17-9-8-10(2)11(17)3;1-14-9-5-12-10(13)8-4-6(11)2-3-7(8)9;1-2;2-1-3/h10-12H,7-9H2,1-6H3,(H,16,19);2-5H,1H3,(H,12,13);1-2H3;1H,(H2,2,3)/t10?,11?,12-;;;/m0.../s1. The van der Waals surface area contributed by atoms with Gasteiger partial charge in [0.05, 0.1) is 12.5 Å². The molecule has 0 aliphatic carbocycles. The SMILES string of the molecule is CC.CC[C@H](NC(=O)OC(C)(C)C)C(=O)N1CCC(C)C1C.COc1c[nH]c(=O)c2cc(Cl)ccc12.NC=O. The molecule has 2 unspecified atom stereocenters. The number of H-pyrrole nitrogens is 1. The first-order chi connectivity index (χ1) is 18.3. The van der Waals surface area contributed by atoms with E-state index in [1.165, 1.54) is 0 Å². The van der Waals surface area contributed by atoms with Crippen LogP contribution in [0.2, 0.25) is 5.02 Å². The monoisotopic (exact) mass is 568 g/mol. The van der Waals surface area contributed by atoms with E-state index in [0.717, 1.165) is 18.4 Å². The molecule has 39 heavy (non-hydrogen) atoms. The lowest BCUT2D eigenvalue weighted by molar-refractivity contribution is -0.134. The maximum atomic E-state index is 12.5. The second kappa shape index (κ2) is 17.3. The summed E-state index contributed by atoms with van der Waals surface area (Å²) in [7, 11) is 1.56. The van der Waals surface area contributed by atoms with Crippen molar-refractivity contribution < 1.29 is 23.9 Å². The summed E-state index contributed by atoms with van der Waals surface area (Å²) in [4.78, 5) is 48.7. The van der Waals surface area contributed by atoms with Crippen molar-refractivity contribution in [1.29, 1.82) is 0 Å². The molecule has 1 fully saturated rings. The smallest absolute Gasteiger partial charge is 0.408 e. The van der Waals surface area contributed by atoms with Gasteiger partial charge in [0, 0.05) is 29.2 Å². The molecule has 10 nitrogen and oxygen atoms in total. The van der Waals surface area contributed by atoms with Crippen LogP contribution in [0.1, 0.15) is 68.2 Å². The Morgan fingerprint density at radius 3 is 2.31 bits per heavy atom. The van der Waals surface area contributed by atoms with Crippen molar-refractivity contribution in [3.8, 4) is 5.75 Å². The van der Waals surface area contributed by atoms with Crippen LogP contribution >= 0.6 is 11.6 Å². The number of halogens is 1. The van der Waals surface area contributed by atoms with E-state index in [4.69, 9.17) is 25.9 Å². The normalized spacial score (nSPS) is 16.7. The average Bonchev–Trinajstić information content (AvgIpc) is 3.21. The van der Waals surface area contributed by atoms with Crippen LogP contribution in [0.25, 0.3) is 10.8 Å². The second-order valence-corrected chi connectivity index (χ2v) is 10.1. The van der Waals surface area contributed by atoms with E-state index in [1.54, 1.807) is 52.3 Å². The van der Waals surface area contributed by atoms with Gasteiger partial charge in [0.2, 0.25) is 12.3 Å². The summed E-state index contributed by atoms with van der Waals surface area (Å²) < 4.78 is 10.3. The number of methoxy groups -OCH3 is 1. The fourth-order valence-corrected chi connectivity index (χ4v) is 3.94. The third-order valence-electron chi connectivity index (χ3n) is 5.87. The second-order valence-electron chi connectivity index (χ2n) is 9.66. The molecule has 1 aliphatic rings. The number of benzene rings is 1. The van der Waals surface area contributed by atoms with Crippen LogP contribution in [0.4, 0.5) is 4.79 Å². The molecule has 1 aromatic heterocycles. The number of hydrogen-bond donors (Lipinski definition) is 3. The molecule has 4 N–H and O–H groups in total. The van der Waals surface area contributed by atoms with Crippen molar-refractivity contribution >= 4 is 40.8 Å². The molecule has 2 aromatic rings. The summed E-state index contributed by atoms with van der Waals surface area (Å²) in [5.74, 6) is 1.14. The molecule has 1 aliphatic heterocycles. The predicted octanol–water partition coefficient (Wildman–Crippen LogP) is 4.86. The number of ether oxygens (including phenoxy) is 2. The van der Waals surface area contributed by atoms with Gasteiger partial charge < -0.3 is 30.4 Å². The first kappa shape index (κ1) is 35.7. The zero-order valence-corrected chi connectivity index (χ0v) is 25.3. The van der Waals surface area contributed by atoms with Crippen LogP contribution in [0.5, 0.6) is 5.75 Å². The fraction of sp³-hybridized carbons (Fsp3) is 0.571. The van der Waals surface area contributed by atoms with Gasteiger partial charge in [0.25, 0.3) is 5.56 Å². The Labute approximate surface area is 236 Å². The van der Waals surface area contributed by atoms with Crippen molar-refractivity contribution in [3.63, 3.8) is 0 Å². The largest absolute Gasteiger partial charge is 0.495 e. The van der Waals surface area contributed by atoms with E-state index < -0.39 is 17.7 Å². The fourth-order valence-electron chi connectivity index (χ4n) is 3.77. The number of rotatable bonds is 4. The molecule has 3 rings (SSSR count). The van der Waals surface area contributed by atoms with Crippen molar-refractivity contribution in [1.82, 2.24) is 15.2 Å². The van der Waals surface area contributed by atoms with E-state index in [9.17, 15) is 14.4 Å². The van der Waals surface area contributed by atoms with E-state index in [2.05, 4.69) is 29.9 Å². The van der Waals surface area contributed by atoms with E-state index in [-0.39, 0.29) is 23.9 Å². The number of amides is 3. The molecule has 0 radical (unpaired) electrons. The van der Waals surface area contributed by atoms with Gasteiger partial charge in [-0.05, 0) is 64.7 Å². The topological polar surface area (TPSA) is 144 Å². The Hall–Kier alpha value is -3.27. The van der Waals surface area contributed by atoms with Crippen LogP contribution in [0, 0.1) is 5.92 Å². The molecule has 220 valence electrons. The minimum Gasteiger partial charge on any atom is -0.495 e. The number of primary amides is 1. The first-order valence-electron chi connectivity index (χ1n) is 13.1. The number of hydrogen-bond acceptors (Lipinski definition) is 6. The molecule has 3 amide bonds. The Morgan fingerprint density at radius 2 is 1.85 bits per heavy atom. The highest BCUT2D eigenvalue weighted by Gasteiger charge is 2.35. The number of nitrogens with zero attached hydrogens (tertiary/aromatic N) is 1. The number of carbonyl (C=O) groups excluding carboxylic acids is 3. The van der Waals surface area contributed by atoms with Gasteiger partial charge >= 0.3 is 6.09 Å². The van der Waals surface area contributed by atoms with Crippen molar-refractivity contribution in [2.75, 3.05) is 13.7 Å². The molecule has 0 saturated carbocycles. The zero-order valence-electron chi connectivity index (χ0n) is 24.6. The zero-order chi connectivity index (χ0) is 30.3. The molecular formula is C28H45ClN4O6. The number of carbonyl (C=O) groups is 3. The number of alkyl carbamates (subject to hydrolysis) is 1. The number of aromatic amines is 1. The van der Waals surface area contributed by atoms with Crippen LogP contribution < -0.4 is 21.3 Å². The van der Waals surface area contributed by atoms with Crippen molar-refractivity contribution in [3.05, 3.63) is 39.8 Å². The lowest BCUT2D eigenvalue weighted by atomic mass is 10.0. The van der Waals surface area contributed by atoms with Gasteiger partial charge in [0.15, 0.2) is 0 Å². The van der Waals surface area contributed by atoms with Gasteiger partial charge in [-0.15, -0.1) is 0 Å². The van der Waals surface area contributed by atoms with E-state index >= 15 is 0 Å². The third kappa shape index (κ3) is 11.6. The summed E-state index contributed by atoms with van der Waals surface area (Å²) in [5, 5.41) is 4.52. The molecule has 3 atom stereocenters. The summed E-state index contributed by atoms with van der Waals surface area (Å²) in [6.07, 6.45) is 2.85. The number of pyridine rings is 1. The van der Waals surface area contributed by atoms with Crippen LogP contribution in [0.3, 0.4) is 0 Å². The minimum absolute atomic E-state index is 0.00444. The van der Waals surface area contributed by atoms with Gasteiger partial charge in [0.1, 0.15) is 17.4 Å².